The molecule has 2 aliphatic carbocycles. The molecule has 2 rings (SSSR count). The van der Waals surface area contributed by atoms with Crippen LogP contribution in [0.5, 0.6) is 0 Å². The summed E-state index contributed by atoms with van der Waals surface area (Å²) in [6.45, 7) is 4.67. The third kappa shape index (κ3) is 1.24. The van der Waals surface area contributed by atoms with E-state index in [1.54, 1.807) is 11.1 Å². The van der Waals surface area contributed by atoms with Crippen LogP contribution in [0, 0.1) is 11.8 Å². The third-order valence-electron chi connectivity index (χ3n) is 3.18. The van der Waals surface area contributed by atoms with Crippen molar-refractivity contribution in [2.45, 2.75) is 39.5 Å². The standard InChI is InChI=1S/C12H18/c1-9(2)11-8-7-10-5-3-4-6-12(10)11/h7-9,11H,3-6H2,1-2H3. The molecule has 0 fully saturated rings. The maximum atomic E-state index is 2.42. The van der Waals surface area contributed by atoms with Gasteiger partial charge in [0.1, 0.15) is 0 Å². The highest BCUT2D eigenvalue weighted by Gasteiger charge is 2.24. The molecule has 0 N–H and O–H groups in total. The molecule has 0 saturated heterocycles. The second kappa shape index (κ2) is 3.08. The van der Waals surface area contributed by atoms with Crippen molar-refractivity contribution in [2.75, 3.05) is 0 Å². The fraction of sp³-hybridized carbons (Fsp3) is 0.667. The monoisotopic (exact) mass is 162 g/mol. The summed E-state index contributed by atoms with van der Waals surface area (Å²) in [5.41, 5.74) is 3.43. The molecule has 0 nitrogen and oxygen atoms in total. The summed E-state index contributed by atoms with van der Waals surface area (Å²) in [6.07, 6.45) is 10.3. The van der Waals surface area contributed by atoms with E-state index in [1.165, 1.54) is 25.7 Å². The van der Waals surface area contributed by atoms with Gasteiger partial charge in [-0.15, -0.1) is 0 Å². The molecule has 0 bridgehead atoms. The van der Waals surface area contributed by atoms with E-state index in [2.05, 4.69) is 26.0 Å². The summed E-state index contributed by atoms with van der Waals surface area (Å²) in [7, 11) is 0. The lowest BCUT2D eigenvalue weighted by Crippen LogP contribution is -2.09. The topological polar surface area (TPSA) is 0 Å². The average molecular weight is 162 g/mol. The van der Waals surface area contributed by atoms with Crippen LogP contribution in [0.1, 0.15) is 39.5 Å². The van der Waals surface area contributed by atoms with Gasteiger partial charge in [0.25, 0.3) is 0 Å². The van der Waals surface area contributed by atoms with Crippen LogP contribution in [0.2, 0.25) is 0 Å². The number of allylic oxidation sites excluding steroid dienone is 4. The van der Waals surface area contributed by atoms with Gasteiger partial charge in [0.05, 0.1) is 0 Å². The lowest BCUT2D eigenvalue weighted by Gasteiger charge is -2.22. The first-order chi connectivity index (χ1) is 5.79. The van der Waals surface area contributed by atoms with Crippen LogP contribution in [0.25, 0.3) is 0 Å². The maximum Gasteiger partial charge on any atom is 0.000880 e. The first kappa shape index (κ1) is 8.10. The molecule has 0 heteroatoms. The minimum atomic E-state index is 0.778. The van der Waals surface area contributed by atoms with Gasteiger partial charge in [0, 0.05) is 5.92 Å². The molecule has 1 atom stereocenters. The summed E-state index contributed by atoms with van der Waals surface area (Å²) < 4.78 is 0. The Labute approximate surface area is 75.4 Å². The number of hydrogen-bond acceptors (Lipinski definition) is 0. The molecular formula is C12H18. The van der Waals surface area contributed by atoms with Crippen LogP contribution in [0.15, 0.2) is 23.3 Å². The Morgan fingerprint density at radius 1 is 1.25 bits per heavy atom. The van der Waals surface area contributed by atoms with E-state index in [9.17, 15) is 0 Å². The van der Waals surface area contributed by atoms with Crippen molar-refractivity contribution in [3.63, 3.8) is 0 Å². The maximum absolute atomic E-state index is 2.42. The highest BCUT2D eigenvalue weighted by atomic mass is 14.3. The molecule has 0 aromatic heterocycles. The minimum absolute atomic E-state index is 0.778. The van der Waals surface area contributed by atoms with Crippen molar-refractivity contribution < 1.29 is 0 Å². The van der Waals surface area contributed by atoms with Gasteiger partial charge in [0.2, 0.25) is 0 Å². The van der Waals surface area contributed by atoms with Gasteiger partial charge in [-0.25, -0.2) is 0 Å². The van der Waals surface area contributed by atoms with Crippen molar-refractivity contribution >= 4 is 0 Å². The highest BCUT2D eigenvalue weighted by molar-refractivity contribution is 5.38. The first-order valence-electron chi connectivity index (χ1n) is 5.19. The van der Waals surface area contributed by atoms with E-state index in [0.717, 1.165) is 11.8 Å². The summed E-state index contributed by atoms with van der Waals surface area (Å²) in [6, 6.07) is 0. The minimum Gasteiger partial charge on any atom is -0.0768 e. The molecule has 0 heterocycles. The summed E-state index contributed by atoms with van der Waals surface area (Å²) in [5.74, 6) is 1.58. The van der Waals surface area contributed by atoms with Crippen molar-refractivity contribution in [1.82, 2.24) is 0 Å². The van der Waals surface area contributed by atoms with Gasteiger partial charge in [-0.05, 0) is 37.2 Å². The Hall–Kier alpha value is -0.520. The molecule has 0 saturated carbocycles. The van der Waals surface area contributed by atoms with Gasteiger partial charge in [-0.1, -0.05) is 31.6 Å². The first-order valence-corrected chi connectivity index (χ1v) is 5.19. The average Bonchev–Trinajstić information content (AvgIpc) is 2.47. The van der Waals surface area contributed by atoms with Gasteiger partial charge < -0.3 is 0 Å². The van der Waals surface area contributed by atoms with Crippen LogP contribution >= 0.6 is 0 Å². The molecule has 0 aromatic carbocycles. The zero-order chi connectivity index (χ0) is 8.55. The molecule has 0 aliphatic heterocycles. The number of rotatable bonds is 1. The predicted octanol–water partition coefficient (Wildman–Crippen LogP) is 3.70. The SMILES string of the molecule is CC(C)C1C=CC2=C1CCCC2. The quantitative estimate of drug-likeness (QED) is 0.551. The smallest absolute Gasteiger partial charge is 0.000880 e. The molecule has 0 spiro atoms. The highest BCUT2D eigenvalue weighted by Crippen LogP contribution is 2.39. The third-order valence-corrected chi connectivity index (χ3v) is 3.18. The summed E-state index contributed by atoms with van der Waals surface area (Å²) in [5, 5.41) is 0. The number of hydrogen-bond donors (Lipinski definition) is 0. The molecule has 2 aliphatic rings. The van der Waals surface area contributed by atoms with E-state index >= 15 is 0 Å². The molecule has 12 heavy (non-hydrogen) atoms. The van der Waals surface area contributed by atoms with Crippen LogP contribution < -0.4 is 0 Å². The summed E-state index contributed by atoms with van der Waals surface area (Å²) >= 11 is 0. The molecular weight excluding hydrogens is 144 g/mol. The molecule has 0 aromatic rings. The second-order valence-corrected chi connectivity index (χ2v) is 4.39. The zero-order valence-electron chi connectivity index (χ0n) is 8.14. The van der Waals surface area contributed by atoms with Crippen LogP contribution in [0.4, 0.5) is 0 Å². The van der Waals surface area contributed by atoms with Crippen molar-refractivity contribution in [1.29, 1.82) is 0 Å². The van der Waals surface area contributed by atoms with Crippen molar-refractivity contribution in [3.8, 4) is 0 Å². The Morgan fingerprint density at radius 3 is 2.75 bits per heavy atom. The van der Waals surface area contributed by atoms with Gasteiger partial charge in [-0.3, -0.25) is 0 Å². The van der Waals surface area contributed by atoms with Gasteiger partial charge in [0.15, 0.2) is 0 Å². The molecule has 0 amide bonds. The lowest BCUT2D eigenvalue weighted by molar-refractivity contribution is 0.498. The van der Waals surface area contributed by atoms with E-state index in [0.29, 0.717) is 0 Å². The second-order valence-electron chi connectivity index (χ2n) is 4.39. The van der Waals surface area contributed by atoms with Crippen molar-refractivity contribution in [2.24, 2.45) is 11.8 Å². The van der Waals surface area contributed by atoms with Crippen LogP contribution in [0.3, 0.4) is 0 Å². The Balaban J connectivity index is 2.21. The fourth-order valence-corrected chi connectivity index (χ4v) is 2.48. The van der Waals surface area contributed by atoms with E-state index in [-0.39, 0.29) is 0 Å². The predicted molar refractivity (Wildman–Crippen MR) is 53.0 cm³/mol. The lowest BCUT2D eigenvalue weighted by atomic mass is 9.83. The van der Waals surface area contributed by atoms with E-state index < -0.39 is 0 Å². The van der Waals surface area contributed by atoms with Crippen LogP contribution in [-0.4, -0.2) is 0 Å². The molecule has 0 radical (unpaired) electrons. The van der Waals surface area contributed by atoms with Gasteiger partial charge >= 0.3 is 0 Å². The Kier molecular flexibility index (Phi) is 2.08. The largest absolute Gasteiger partial charge is 0.0768 e. The van der Waals surface area contributed by atoms with Crippen molar-refractivity contribution in [3.05, 3.63) is 23.3 Å². The Bertz CT molecular complexity index is 230. The summed E-state index contributed by atoms with van der Waals surface area (Å²) in [4.78, 5) is 0. The van der Waals surface area contributed by atoms with Crippen LogP contribution in [-0.2, 0) is 0 Å². The normalized spacial score (nSPS) is 28.4. The molecule has 1 unspecified atom stereocenters. The zero-order valence-corrected chi connectivity index (χ0v) is 8.14. The fourth-order valence-electron chi connectivity index (χ4n) is 2.48. The Morgan fingerprint density at radius 2 is 2.00 bits per heavy atom. The molecule has 66 valence electrons. The van der Waals surface area contributed by atoms with Gasteiger partial charge in [-0.2, -0.15) is 0 Å². The van der Waals surface area contributed by atoms with E-state index in [1.807, 2.05) is 0 Å². The van der Waals surface area contributed by atoms with E-state index in [4.69, 9.17) is 0 Å².